The molecule has 0 atom stereocenters. The maximum atomic E-state index is 2.67. The minimum atomic E-state index is -1.20. The molecule has 0 aromatic rings. The van der Waals surface area contributed by atoms with Crippen LogP contribution in [-0.2, 0) is 0 Å². The predicted molar refractivity (Wildman–Crippen MR) is 134 cm³/mol. The average Bonchev–Trinajstić information content (AvgIpc) is 2.76. The van der Waals surface area contributed by atoms with E-state index in [0.717, 1.165) is 0 Å². The van der Waals surface area contributed by atoms with Crippen LogP contribution in [0.15, 0.2) is 0 Å². The summed E-state index contributed by atoms with van der Waals surface area (Å²) in [5.74, 6) is 0. The number of hydrogen-bond acceptors (Lipinski definition) is 1. The van der Waals surface area contributed by atoms with Crippen LogP contribution in [0.25, 0.3) is 0 Å². The highest BCUT2D eigenvalue weighted by molar-refractivity contribution is 8.05. The van der Waals surface area contributed by atoms with E-state index in [1.54, 1.807) is 61.9 Å². The minimum absolute atomic E-state index is 0.654. The van der Waals surface area contributed by atoms with E-state index >= 15 is 0 Å². The predicted octanol–water partition coefficient (Wildman–Crippen LogP) is 9.22. The molecule has 0 aliphatic carbocycles. The maximum absolute atomic E-state index is 2.67. The van der Waals surface area contributed by atoms with Gasteiger partial charge in [0.05, 0.1) is 16.1 Å². The van der Waals surface area contributed by atoms with Gasteiger partial charge in [0.15, 0.2) is 0 Å². The molecule has 0 unspecified atom stereocenters. The summed E-state index contributed by atoms with van der Waals surface area (Å²) >= 11 is 2.67. The normalized spacial score (nSPS) is 23.3. The lowest BCUT2D eigenvalue weighted by molar-refractivity contribution is 0.592. The second kappa shape index (κ2) is 10.2. The van der Waals surface area contributed by atoms with E-state index < -0.39 is 16.1 Å². The van der Waals surface area contributed by atoms with Crippen LogP contribution < -0.4 is 0 Å². The Balaban J connectivity index is 2.48. The van der Waals surface area contributed by atoms with Gasteiger partial charge in [-0.25, -0.2) is 0 Å². The van der Waals surface area contributed by atoms with Crippen molar-refractivity contribution in [2.24, 2.45) is 0 Å². The Morgan fingerprint density at radius 1 is 0.519 bits per heavy atom. The van der Waals surface area contributed by atoms with Crippen molar-refractivity contribution in [1.82, 2.24) is 0 Å². The largest absolute Gasteiger partial charge is 0.155 e. The molecule has 0 radical (unpaired) electrons. The van der Waals surface area contributed by atoms with E-state index in [2.05, 4.69) is 53.3 Å². The average molecular weight is 427 g/mol. The first-order valence-electron chi connectivity index (χ1n) is 12.7. The molecule has 2 heterocycles. The molecule has 0 aromatic carbocycles. The lowest BCUT2D eigenvalue weighted by Crippen LogP contribution is -2.63. The summed E-state index contributed by atoms with van der Waals surface area (Å²) in [6.07, 6.45) is 15.0. The van der Waals surface area contributed by atoms with Gasteiger partial charge in [-0.15, -0.1) is 0 Å². The highest BCUT2D eigenvalue weighted by Crippen LogP contribution is 2.60. The lowest BCUT2D eigenvalue weighted by atomic mass is 10.2. The second-order valence-corrected chi connectivity index (χ2v) is 22.8. The first kappa shape index (κ1) is 24.1. The molecule has 0 bridgehead atoms. The van der Waals surface area contributed by atoms with Crippen LogP contribution in [0.4, 0.5) is 0 Å². The lowest BCUT2D eigenvalue weighted by Gasteiger charge is -2.59. The van der Waals surface area contributed by atoms with Crippen molar-refractivity contribution in [3.8, 4) is 0 Å². The summed E-state index contributed by atoms with van der Waals surface area (Å²) in [7, 11) is -2.41. The molecule has 2 aliphatic heterocycles. The summed E-state index contributed by atoms with van der Waals surface area (Å²) in [6.45, 7) is 15.5. The molecule has 0 amide bonds. The van der Waals surface area contributed by atoms with Crippen LogP contribution in [0.2, 0.25) is 36.3 Å². The Morgan fingerprint density at radius 3 is 1.04 bits per heavy atom. The molecule has 2 rings (SSSR count). The Hall–Kier alpha value is 0.784. The van der Waals surface area contributed by atoms with Crippen LogP contribution in [0.3, 0.4) is 0 Å². The molecule has 2 aliphatic rings. The van der Waals surface area contributed by atoms with Crippen molar-refractivity contribution in [3.63, 3.8) is 0 Å². The molecular formula is C24H50SSi2. The van der Waals surface area contributed by atoms with Gasteiger partial charge in [0.25, 0.3) is 0 Å². The second-order valence-electron chi connectivity index (χ2n) is 9.89. The van der Waals surface area contributed by atoms with E-state index in [1.807, 2.05) is 0 Å². The molecule has 0 saturated carbocycles. The fourth-order valence-electron chi connectivity index (χ4n) is 7.60. The first-order valence-corrected chi connectivity index (χ1v) is 18.7. The van der Waals surface area contributed by atoms with Gasteiger partial charge >= 0.3 is 0 Å². The number of rotatable bonds is 10. The number of hydrogen-bond donors (Lipinski definition) is 0. The summed E-state index contributed by atoms with van der Waals surface area (Å²) in [4.78, 5) is 0. The van der Waals surface area contributed by atoms with E-state index in [0.29, 0.717) is 8.74 Å². The van der Waals surface area contributed by atoms with Gasteiger partial charge in [-0.3, -0.25) is 0 Å². The van der Waals surface area contributed by atoms with Crippen molar-refractivity contribution in [1.29, 1.82) is 0 Å². The third-order valence-corrected chi connectivity index (χ3v) is 28.0. The summed E-state index contributed by atoms with van der Waals surface area (Å²) in [6, 6.07) is 9.66. The van der Waals surface area contributed by atoms with Crippen LogP contribution in [0.5, 0.6) is 0 Å². The highest BCUT2D eigenvalue weighted by Gasteiger charge is 2.58. The van der Waals surface area contributed by atoms with Crippen molar-refractivity contribution in [2.45, 2.75) is 151 Å². The van der Waals surface area contributed by atoms with Crippen molar-refractivity contribution >= 4 is 27.9 Å². The first-order chi connectivity index (χ1) is 13.0. The Kier molecular flexibility index (Phi) is 9.09. The van der Waals surface area contributed by atoms with Gasteiger partial charge in [0.1, 0.15) is 0 Å². The highest BCUT2D eigenvalue weighted by atomic mass is 32.2. The van der Waals surface area contributed by atoms with E-state index in [-0.39, 0.29) is 0 Å². The quantitative estimate of drug-likeness (QED) is 0.313. The summed E-state index contributed by atoms with van der Waals surface area (Å²) in [5, 5.41) is 0. The Bertz CT molecular complexity index is 388. The SMILES string of the molecule is CCC(CC)(SC(CC)(CC)[Si]1(CC)CCCCC1)[Si]1(CC)CCCCC1. The maximum Gasteiger partial charge on any atom is 0.0714 e. The molecular weight excluding hydrogens is 377 g/mol. The monoisotopic (exact) mass is 426 g/mol. The summed E-state index contributed by atoms with van der Waals surface area (Å²) < 4.78 is 1.31. The molecule has 160 valence electrons. The zero-order chi connectivity index (χ0) is 20.0. The topological polar surface area (TPSA) is 0 Å². The van der Waals surface area contributed by atoms with Crippen molar-refractivity contribution in [2.75, 3.05) is 0 Å². The molecule has 0 N–H and O–H groups in total. The van der Waals surface area contributed by atoms with Crippen LogP contribution in [-0.4, -0.2) is 24.9 Å². The molecule has 0 spiro atoms. The molecule has 2 saturated heterocycles. The van der Waals surface area contributed by atoms with E-state index in [4.69, 9.17) is 0 Å². The van der Waals surface area contributed by atoms with Crippen molar-refractivity contribution in [3.05, 3.63) is 0 Å². The van der Waals surface area contributed by atoms with Gasteiger partial charge in [0, 0.05) is 8.74 Å². The minimum Gasteiger partial charge on any atom is -0.155 e. The smallest absolute Gasteiger partial charge is 0.0714 e. The van der Waals surface area contributed by atoms with Gasteiger partial charge < -0.3 is 0 Å². The zero-order valence-electron chi connectivity index (χ0n) is 19.7. The van der Waals surface area contributed by atoms with Gasteiger partial charge in [-0.2, -0.15) is 11.8 Å². The van der Waals surface area contributed by atoms with Gasteiger partial charge in [-0.05, 0) is 25.7 Å². The molecule has 0 nitrogen and oxygen atoms in total. The zero-order valence-corrected chi connectivity index (χ0v) is 22.5. The fourth-order valence-corrected chi connectivity index (χ4v) is 26.0. The molecule has 2 fully saturated rings. The Labute approximate surface area is 178 Å². The van der Waals surface area contributed by atoms with Crippen LogP contribution in [0, 0.1) is 0 Å². The molecule has 0 aromatic heterocycles. The standard InChI is InChI=1S/C24H50SSi2/c1-7-23(8-2,26(11-5)19-15-13-16-20-26)25-24(9-3,10-4)27(12-6)21-17-14-18-22-27/h7-22H2,1-6H3. The molecule has 27 heavy (non-hydrogen) atoms. The third kappa shape index (κ3) is 4.17. The Morgan fingerprint density at radius 2 is 0.815 bits per heavy atom. The van der Waals surface area contributed by atoms with Crippen molar-refractivity contribution < 1.29 is 0 Å². The van der Waals surface area contributed by atoms with Gasteiger partial charge in [-0.1, -0.05) is 116 Å². The van der Waals surface area contributed by atoms with E-state index in [1.165, 1.54) is 38.5 Å². The van der Waals surface area contributed by atoms with Crippen LogP contribution in [0.1, 0.15) is 106 Å². The van der Waals surface area contributed by atoms with Crippen LogP contribution >= 0.6 is 11.8 Å². The number of thioether (sulfide) groups is 1. The van der Waals surface area contributed by atoms with Gasteiger partial charge in [0.2, 0.25) is 0 Å². The molecule has 3 heteroatoms. The summed E-state index contributed by atoms with van der Waals surface area (Å²) in [5.41, 5.74) is 0. The third-order valence-electron chi connectivity index (χ3n) is 9.58. The fraction of sp³-hybridized carbons (Fsp3) is 1.00. The van der Waals surface area contributed by atoms with E-state index in [9.17, 15) is 0 Å².